The third kappa shape index (κ3) is 4.59. The number of rotatable bonds is 5. The fourth-order valence-corrected chi connectivity index (χ4v) is 4.74. The summed E-state index contributed by atoms with van der Waals surface area (Å²) in [6, 6.07) is 14.8. The molecule has 0 saturated carbocycles. The molecule has 4 heteroatoms. The molecule has 1 aliphatic carbocycles. The summed E-state index contributed by atoms with van der Waals surface area (Å²) < 4.78 is 0. The predicted octanol–water partition coefficient (Wildman–Crippen LogP) is 4.92. The fourth-order valence-electron chi connectivity index (χ4n) is 4.52. The molecule has 148 valence electrons. The van der Waals surface area contributed by atoms with Gasteiger partial charge in [-0.1, -0.05) is 41.9 Å². The first kappa shape index (κ1) is 19.5. The van der Waals surface area contributed by atoms with Crippen LogP contribution in [0.1, 0.15) is 54.5 Å². The second-order valence-electron chi connectivity index (χ2n) is 8.29. The minimum atomic E-state index is 0.0721. The standard InChI is InChI=1S/C24H29ClN2O/c1-17(21-9-8-19-5-3-6-22(19)15-21)26-24(28)20-10-12-27(13-11-20)16-18-4-2-7-23(25)14-18/h2,4,7-9,14-15,17,20H,3,5-6,10-13,16H2,1H3,(H,26,28)/t17-/m0/s1. The molecule has 2 aromatic carbocycles. The second kappa shape index (κ2) is 8.67. The summed E-state index contributed by atoms with van der Waals surface area (Å²) in [6.45, 7) is 4.92. The van der Waals surface area contributed by atoms with Gasteiger partial charge < -0.3 is 5.32 Å². The van der Waals surface area contributed by atoms with E-state index in [1.165, 1.54) is 41.5 Å². The molecule has 3 nitrogen and oxygen atoms in total. The lowest BCUT2D eigenvalue weighted by atomic mass is 9.94. The van der Waals surface area contributed by atoms with Gasteiger partial charge in [-0.2, -0.15) is 0 Å². The summed E-state index contributed by atoms with van der Waals surface area (Å²) in [7, 11) is 0. The first-order valence-corrected chi connectivity index (χ1v) is 10.8. The largest absolute Gasteiger partial charge is 0.349 e. The SMILES string of the molecule is C[C@H](NC(=O)C1CCN(Cc2cccc(Cl)c2)CC1)c1ccc2c(c1)CCC2. The number of nitrogens with zero attached hydrogens (tertiary/aromatic N) is 1. The number of halogens is 1. The Hall–Kier alpha value is -1.84. The van der Waals surface area contributed by atoms with Crippen LogP contribution in [0, 0.1) is 5.92 Å². The van der Waals surface area contributed by atoms with Crippen molar-refractivity contribution in [3.63, 3.8) is 0 Å². The Labute approximate surface area is 173 Å². The highest BCUT2D eigenvalue weighted by molar-refractivity contribution is 6.30. The molecule has 0 aromatic heterocycles. The number of amides is 1. The molecule has 28 heavy (non-hydrogen) atoms. The van der Waals surface area contributed by atoms with Crippen molar-refractivity contribution in [1.29, 1.82) is 0 Å². The van der Waals surface area contributed by atoms with E-state index in [-0.39, 0.29) is 17.9 Å². The average molecular weight is 397 g/mol. The van der Waals surface area contributed by atoms with Crippen LogP contribution in [-0.4, -0.2) is 23.9 Å². The van der Waals surface area contributed by atoms with E-state index >= 15 is 0 Å². The summed E-state index contributed by atoms with van der Waals surface area (Å²) in [5.41, 5.74) is 5.41. The number of piperidine rings is 1. The number of aryl methyl sites for hydroxylation is 2. The predicted molar refractivity (Wildman–Crippen MR) is 114 cm³/mol. The van der Waals surface area contributed by atoms with E-state index in [1.807, 2.05) is 18.2 Å². The first-order chi connectivity index (χ1) is 13.6. The van der Waals surface area contributed by atoms with Gasteiger partial charge in [-0.15, -0.1) is 0 Å². The van der Waals surface area contributed by atoms with Gasteiger partial charge in [-0.3, -0.25) is 9.69 Å². The Morgan fingerprint density at radius 3 is 2.71 bits per heavy atom. The van der Waals surface area contributed by atoms with Crippen LogP contribution in [0.15, 0.2) is 42.5 Å². The Balaban J connectivity index is 1.28. The average Bonchev–Trinajstić information content (AvgIpc) is 3.16. The lowest BCUT2D eigenvalue weighted by Gasteiger charge is -2.32. The van der Waals surface area contributed by atoms with Crippen molar-refractivity contribution in [2.75, 3.05) is 13.1 Å². The summed E-state index contributed by atoms with van der Waals surface area (Å²) >= 11 is 6.09. The fraction of sp³-hybridized carbons (Fsp3) is 0.458. The van der Waals surface area contributed by atoms with Crippen LogP contribution in [0.25, 0.3) is 0 Å². The molecule has 0 bridgehead atoms. The Morgan fingerprint density at radius 2 is 1.93 bits per heavy atom. The molecule has 1 N–H and O–H groups in total. The molecule has 2 aliphatic rings. The number of benzene rings is 2. The molecule has 1 aliphatic heterocycles. The zero-order valence-corrected chi connectivity index (χ0v) is 17.3. The van der Waals surface area contributed by atoms with Crippen LogP contribution in [0.2, 0.25) is 5.02 Å². The zero-order valence-electron chi connectivity index (χ0n) is 16.6. The van der Waals surface area contributed by atoms with Crippen molar-refractivity contribution >= 4 is 17.5 Å². The molecule has 1 heterocycles. The molecule has 1 atom stereocenters. The smallest absolute Gasteiger partial charge is 0.223 e. The van der Waals surface area contributed by atoms with Crippen molar-refractivity contribution in [3.8, 4) is 0 Å². The van der Waals surface area contributed by atoms with Gasteiger partial charge in [0.2, 0.25) is 5.91 Å². The number of carbonyl (C=O) groups excluding carboxylic acids is 1. The summed E-state index contributed by atoms with van der Waals surface area (Å²) in [6.07, 6.45) is 5.47. The molecular weight excluding hydrogens is 368 g/mol. The lowest BCUT2D eigenvalue weighted by molar-refractivity contribution is -0.127. The van der Waals surface area contributed by atoms with E-state index < -0.39 is 0 Å². The van der Waals surface area contributed by atoms with Gasteiger partial charge >= 0.3 is 0 Å². The maximum absolute atomic E-state index is 12.8. The van der Waals surface area contributed by atoms with Gasteiger partial charge in [0, 0.05) is 17.5 Å². The lowest BCUT2D eigenvalue weighted by Crippen LogP contribution is -2.40. The molecular formula is C24H29ClN2O. The van der Waals surface area contributed by atoms with Crippen LogP contribution in [0.3, 0.4) is 0 Å². The maximum atomic E-state index is 12.8. The van der Waals surface area contributed by atoms with E-state index in [0.29, 0.717) is 0 Å². The first-order valence-electron chi connectivity index (χ1n) is 10.5. The van der Waals surface area contributed by atoms with Crippen LogP contribution < -0.4 is 5.32 Å². The molecule has 1 fully saturated rings. The van der Waals surface area contributed by atoms with Crippen molar-refractivity contribution in [2.24, 2.45) is 5.92 Å². The Morgan fingerprint density at radius 1 is 1.14 bits per heavy atom. The van der Waals surface area contributed by atoms with E-state index in [1.54, 1.807) is 0 Å². The van der Waals surface area contributed by atoms with Crippen molar-refractivity contribution in [2.45, 2.75) is 51.6 Å². The highest BCUT2D eigenvalue weighted by Crippen LogP contribution is 2.26. The van der Waals surface area contributed by atoms with E-state index in [4.69, 9.17) is 11.6 Å². The van der Waals surface area contributed by atoms with Crippen LogP contribution in [0.4, 0.5) is 0 Å². The highest BCUT2D eigenvalue weighted by atomic mass is 35.5. The number of hydrogen-bond acceptors (Lipinski definition) is 2. The van der Waals surface area contributed by atoms with Crippen LogP contribution in [-0.2, 0) is 24.2 Å². The van der Waals surface area contributed by atoms with Gasteiger partial charge in [0.05, 0.1) is 6.04 Å². The van der Waals surface area contributed by atoms with E-state index in [0.717, 1.165) is 37.5 Å². The molecule has 0 radical (unpaired) electrons. The third-order valence-corrected chi connectivity index (χ3v) is 6.47. The topological polar surface area (TPSA) is 32.3 Å². The monoisotopic (exact) mass is 396 g/mol. The third-order valence-electron chi connectivity index (χ3n) is 6.23. The van der Waals surface area contributed by atoms with Crippen molar-refractivity contribution in [1.82, 2.24) is 10.2 Å². The Kier molecular flexibility index (Phi) is 6.03. The summed E-state index contributed by atoms with van der Waals surface area (Å²) in [5, 5.41) is 4.04. The van der Waals surface area contributed by atoms with Gasteiger partial charge in [0.25, 0.3) is 0 Å². The number of carbonyl (C=O) groups is 1. The molecule has 1 amide bonds. The minimum Gasteiger partial charge on any atom is -0.349 e. The Bertz CT molecular complexity index is 842. The number of nitrogens with one attached hydrogen (secondary N) is 1. The van der Waals surface area contributed by atoms with Crippen LogP contribution >= 0.6 is 11.6 Å². The van der Waals surface area contributed by atoms with Gasteiger partial charge in [-0.05, 0) is 86.5 Å². The van der Waals surface area contributed by atoms with Gasteiger partial charge in [-0.25, -0.2) is 0 Å². The molecule has 1 saturated heterocycles. The van der Waals surface area contributed by atoms with Gasteiger partial charge in [0.15, 0.2) is 0 Å². The maximum Gasteiger partial charge on any atom is 0.223 e. The number of likely N-dealkylation sites (tertiary alicyclic amines) is 1. The normalized spacial score (nSPS) is 18.6. The summed E-state index contributed by atoms with van der Waals surface area (Å²) in [4.78, 5) is 15.2. The quantitative estimate of drug-likeness (QED) is 0.778. The number of fused-ring (bicyclic) bond motifs is 1. The highest BCUT2D eigenvalue weighted by Gasteiger charge is 2.26. The molecule has 2 aromatic rings. The second-order valence-corrected chi connectivity index (χ2v) is 8.73. The van der Waals surface area contributed by atoms with E-state index in [2.05, 4.69) is 41.4 Å². The van der Waals surface area contributed by atoms with Gasteiger partial charge in [0.1, 0.15) is 0 Å². The van der Waals surface area contributed by atoms with E-state index in [9.17, 15) is 4.79 Å². The zero-order chi connectivity index (χ0) is 19.5. The number of hydrogen-bond donors (Lipinski definition) is 1. The molecule has 4 rings (SSSR count). The molecule has 0 spiro atoms. The van der Waals surface area contributed by atoms with Crippen LogP contribution in [0.5, 0.6) is 0 Å². The van der Waals surface area contributed by atoms with Crippen molar-refractivity contribution in [3.05, 3.63) is 69.7 Å². The van der Waals surface area contributed by atoms with Crippen molar-refractivity contribution < 1.29 is 4.79 Å². The minimum absolute atomic E-state index is 0.0721. The summed E-state index contributed by atoms with van der Waals surface area (Å²) in [5.74, 6) is 0.322. The molecule has 0 unspecified atom stereocenters.